The number of hydrogen-bond donors (Lipinski definition) is 2. The number of aromatic nitrogens is 2. The lowest BCUT2D eigenvalue weighted by molar-refractivity contribution is -0.121. The summed E-state index contributed by atoms with van der Waals surface area (Å²) in [7, 11) is 1.61. The van der Waals surface area contributed by atoms with Gasteiger partial charge in [-0.25, -0.2) is 4.79 Å². The standard InChI is InChI=1S/C22H25N3O4/c1-29-17-9-7-8-16(14-17)15-23-20(26)12-3-2-6-13-25-21(27)18-10-4-5-11-19(18)24-22(25)28/h4-5,7-11,14H,2-3,6,12-13,15H2,1H3,(H,23,26)(H,24,28). The number of fused-ring (bicyclic) bond motifs is 1. The third-order valence-corrected chi connectivity index (χ3v) is 4.80. The van der Waals surface area contributed by atoms with E-state index >= 15 is 0 Å². The number of nitrogens with one attached hydrogen (secondary N) is 2. The molecule has 0 unspecified atom stereocenters. The number of aromatic amines is 1. The Kier molecular flexibility index (Phi) is 6.84. The van der Waals surface area contributed by atoms with Gasteiger partial charge in [-0.05, 0) is 42.7 Å². The molecule has 7 heteroatoms. The monoisotopic (exact) mass is 395 g/mol. The number of para-hydroxylation sites is 1. The number of rotatable bonds is 9. The lowest BCUT2D eigenvalue weighted by Crippen LogP contribution is -2.35. The lowest BCUT2D eigenvalue weighted by Gasteiger charge is -2.08. The second-order valence-corrected chi connectivity index (χ2v) is 6.87. The first-order chi connectivity index (χ1) is 14.1. The van der Waals surface area contributed by atoms with Crippen LogP contribution in [0.3, 0.4) is 0 Å². The number of methoxy groups -OCH3 is 1. The zero-order valence-corrected chi connectivity index (χ0v) is 16.4. The lowest BCUT2D eigenvalue weighted by atomic mass is 10.1. The van der Waals surface area contributed by atoms with Gasteiger partial charge in [0.1, 0.15) is 5.75 Å². The van der Waals surface area contributed by atoms with E-state index in [2.05, 4.69) is 10.3 Å². The van der Waals surface area contributed by atoms with Crippen LogP contribution in [0, 0.1) is 0 Å². The molecule has 0 saturated carbocycles. The summed E-state index contributed by atoms with van der Waals surface area (Å²) < 4.78 is 6.40. The quantitative estimate of drug-likeness (QED) is 0.545. The SMILES string of the molecule is COc1cccc(CNC(=O)CCCCCn2c(=O)[nH]c3ccccc3c2=O)c1. The summed E-state index contributed by atoms with van der Waals surface area (Å²) in [5.74, 6) is 0.740. The number of unbranched alkanes of at least 4 members (excludes halogenated alkanes) is 2. The van der Waals surface area contributed by atoms with Crippen LogP contribution in [0.5, 0.6) is 5.75 Å². The first-order valence-electron chi connectivity index (χ1n) is 9.70. The van der Waals surface area contributed by atoms with E-state index in [4.69, 9.17) is 4.74 Å². The van der Waals surface area contributed by atoms with Gasteiger partial charge in [-0.15, -0.1) is 0 Å². The normalized spacial score (nSPS) is 10.8. The molecule has 0 aliphatic rings. The van der Waals surface area contributed by atoms with Crippen molar-refractivity contribution in [3.63, 3.8) is 0 Å². The summed E-state index contributed by atoms with van der Waals surface area (Å²) in [6, 6.07) is 14.5. The fourth-order valence-electron chi connectivity index (χ4n) is 3.21. The Morgan fingerprint density at radius 2 is 1.90 bits per heavy atom. The maximum absolute atomic E-state index is 12.5. The van der Waals surface area contributed by atoms with Gasteiger partial charge in [0.25, 0.3) is 5.56 Å². The van der Waals surface area contributed by atoms with E-state index in [1.165, 1.54) is 4.57 Å². The van der Waals surface area contributed by atoms with Crippen molar-refractivity contribution >= 4 is 16.8 Å². The van der Waals surface area contributed by atoms with Crippen molar-refractivity contribution in [3.8, 4) is 5.75 Å². The molecular formula is C22H25N3O4. The van der Waals surface area contributed by atoms with Gasteiger partial charge in [0, 0.05) is 19.5 Å². The molecule has 0 aliphatic carbocycles. The van der Waals surface area contributed by atoms with Gasteiger partial charge in [-0.1, -0.05) is 30.7 Å². The van der Waals surface area contributed by atoms with Crippen LogP contribution in [0.4, 0.5) is 0 Å². The molecule has 0 atom stereocenters. The van der Waals surface area contributed by atoms with Crippen LogP contribution in [0.25, 0.3) is 10.9 Å². The Balaban J connectivity index is 1.43. The van der Waals surface area contributed by atoms with Gasteiger partial charge in [-0.3, -0.25) is 14.2 Å². The largest absolute Gasteiger partial charge is 0.497 e. The fourth-order valence-corrected chi connectivity index (χ4v) is 3.21. The Hall–Kier alpha value is -3.35. The topological polar surface area (TPSA) is 93.2 Å². The van der Waals surface area contributed by atoms with Gasteiger partial charge in [0.2, 0.25) is 5.91 Å². The van der Waals surface area contributed by atoms with E-state index < -0.39 is 5.69 Å². The highest BCUT2D eigenvalue weighted by molar-refractivity contribution is 5.77. The molecule has 0 radical (unpaired) electrons. The van der Waals surface area contributed by atoms with E-state index in [-0.39, 0.29) is 11.5 Å². The van der Waals surface area contributed by atoms with Crippen LogP contribution >= 0.6 is 0 Å². The second-order valence-electron chi connectivity index (χ2n) is 6.87. The first kappa shape index (κ1) is 20.4. The van der Waals surface area contributed by atoms with Gasteiger partial charge < -0.3 is 15.0 Å². The number of ether oxygens (including phenoxy) is 1. The summed E-state index contributed by atoms with van der Waals surface area (Å²) in [5, 5.41) is 3.40. The van der Waals surface area contributed by atoms with E-state index in [1.807, 2.05) is 24.3 Å². The Morgan fingerprint density at radius 3 is 2.72 bits per heavy atom. The molecule has 1 aromatic heterocycles. The maximum atomic E-state index is 12.5. The fraction of sp³-hybridized carbons (Fsp3) is 0.318. The number of amides is 1. The summed E-state index contributed by atoms with van der Waals surface area (Å²) in [4.78, 5) is 39.3. The molecule has 0 spiro atoms. The minimum Gasteiger partial charge on any atom is -0.497 e. The van der Waals surface area contributed by atoms with Crippen molar-refractivity contribution in [2.45, 2.75) is 38.8 Å². The predicted molar refractivity (Wildman–Crippen MR) is 112 cm³/mol. The number of nitrogens with zero attached hydrogens (tertiary/aromatic N) is 1. The van der Waals surface area contributed by atoms with Gasteiger partial charge in [0.05, 0.1) is 18.0 Å². The van der Waals surface area contributed by atoms with Crippen molar-refractivity contribution in [1.82, 2.24) is 14.9 Å². The van der Waals surface area contributed by atoms with Crippen LogP contribution in [0.1, 0.15) is 31.2 Å². The minimum absolute atomic E-state index is 0.0199. The van der Waals surface area contributed by atoms with Crippen molar-refractivity contribution in [1.29, 1.82) is 0 Å². The maximum Gasteiger partial charge on any atom is 0.328 e. The number of H-pyrrole nitrogens is 1. The van der Waals surface area contributed by atoms with Crippen molar-refractivity contribution in [2.75, 3.05) is 7.11 Å². The Labute approximate surface area is 168 Å². The van der Waals surface area contributed by atoms with Crippen molar-refractivity contribution < 1.29 is 9.53 Å². The average Bonchev–Trinajstić information content (AvgIpc) is 2.74. The van der Waals surface area contributed by atoms with Crippen LogP contribution in [0.2, 0.25) is 0 Å². The average molecular weight is 395 g/mol. The highest BCUT2D eigenvalue weighted by atomic mass is 16.5. The van der Waals surface area contributed by atoms with E-state index in [0.29, 0.717) is 43.3 Å². The van der Waals surface area contributed by atoms with E-state index in [1.54, 1.807) is 31.4 Å². The highest BCUT2D eigenvalue weighted by Gasteiger charge is 2.07. The molecule has 0 fully saturated rings. The van der Waals surface area contributed by atoms with Crippen LogP contribution in [-0.2, 0) is 17.9 Å². The van der Waals surface area contributed by atoms with E-state index in [0.717, 1.165) is 17.7 Å². The summed E-state index contributed by atoms with van der Waals surface area (Å²) in [6.07, 6.45) is 2.52. The van der Waals surface area contributed by atoms with Gasteiger partial charge in [0.15, 0.2) is 0 Å². The summed E-state index contributed by atoms with van der Waals surface area (Å²) >= 11 is 0. The molecule has 0 aliphatic heterocycles. The van der Waals surface area contributed by atoms with E-state index in [9.17, 15) is 14.4 Å². The summed E-state index contributed by atoms with van der Waals surface area (Å²) in [6.45, 7) is 0.794. The molecule has 1 amide bonds. The zero-order valence-electron chi connectivity index (χ0n) is 16.4. The number of hydrogen-bond acceptors (Lipinski definition) is 4. The van der Waals surface area contributed by atoms with Crippen LogP contribution in [0.15, 0.2) is 58.1 Å². The third-order valence-electron chi connectivity index (χ3n) is 4.80. The molecule has 0 saturated heterocycles. The minimum atomic E-state index is -0.398. The van der Waals surface area contributed by atoms with Crippen molar-refractivity contribution in [2.24, 2.45) is 0 Å². The molecule has 3 rings (SSSR count). The van der Waals surface area contributed by atoms with Crippen LogP contribution < -0.4 is 21.3 Å². The molecule has 7 nitrogen and oxygen atoms in total. The molecular weight excluding hydrogens is 370 g/mol. The second kappa shape index (κ2) is 9.73. The molecule has 29 heavy (non-hydrogen) atoms. The summed E-state index contributed by atoms with van der Waals surface area (Å²) in [5.41, 5.74) is 0.851. The number of carbonyl (C=O) groups is 1. The number of benzene rings is 2. The van der Waals surface area contributed by atoms with Crippen molar-refractivity contribution in [3.05, 3.63) is 74.9 Å². The van der Waals surface area contributed by atoms with Crippen LogP contribution in [-0.4, -0.2) is 22.6 Å². The third kappa shape index (κ3) is 5.34. The molecule has 1 heterocycles. The molecule has 152 valence electrons. The molecule has 0 bridgehead atoms. The molecule has 2 aromatic carbocycles. The zero-order chi connectivity index (χ0) is 20.6. The Bertz CT molecular complexity index is 1100. The van der Waals surface area contributed by atoms with Gasteiger partial charge in [-0.2, -0.15) is 0 Å². The molecule has 3 aromatic rings. The Morgan fingerprint density at radius 1 is 1.07 bits per heavy atom. The highest BCUT2D eigenvalue weighted by Crippen LogP contribution is 2.12. The number of carbonyl (C=O) groups excluding carboxylic acids is 1. The predicted octanol–water partition coefficient (Wildman–Crippen LogP) is 2.58. The van der Waals surface area contributed by atoms with Gasteiger partial charge >= 0.3 is 5.69 Å². The smallest absolute Gasteiger partial charge is 0.328 e. The first-order valence-corrected chi connectivity index (χ1v) is 9.70. The molecule has 2 N–H and O–H groups in total.